The highest BCUT2D eigenvalue weighted by Crippen LogP contribution is 2.16. The summed E-state index contributed by atoms with van der Waals surface area (Å²) in [5.41, 5.74) is 3.13. The first-order valence-corrected chi connectivity index (χ1v) is 6.71. The normalized spacial score (nSPS) is 13.1. The predicted molar refractivity (Wildman–Crippen MR) is 76.0 cm³/mol. The van der Waals surface area contributed by atoms with Crippen molar-refractivity contribution in [3.63, 3.8) is 0 Å². The number of fused-ring (bicyclic) bond motifs is 1. The van der Waals surface area contributed by atoms with E-state index in [0.717, 1.165) is 36.5 Å². The van der Waals surface area contributed by atoms with E-state index in [0.29, 0.717) is 6.04 Å². The second-order valence-electron chi connectivity index (χ2n) is 4.87. The summed E-state index contributed by atoms with van der Waals surface area (Å²) in [6, 6.07) is 2.50. The quantitative estimate of drug-likeness (QED) is 0.862. The molecule has 0 saturated carbocycles. The van der Waals surface area contributed by atoms with E-state index in [9.17, 15) is 0 Å². The molecule has 0 bridgehead atoms. The largest absolute Gasteiger partial charge is 0.380 e. The lowest BCUT2D eigenvalue weighted by Crippen LogP contribution is -2.30. The second kappa shape index (κ2) is 6.12. The van der Waals surface area contributed by atoms with E-state index in [1.165, 1.54) is 5.56 Å². The summed E-state index contributed by atoms with van der Waals surface area (Å²) in [4.78, 5) is 4.47. The standard InChI is InChI=1S/C14H22N4O/c1-5-19-9-10(2)15-7-12-6-13-11(3)17-18(4)14(13)16-8-12/h6,8,10,15H,5,7,9H2,1-4H3. The first-order valence-electron chi connectivity index (χ1n) is 6.71. The highest BCUT2D eigenvalue weighted by atomic mass is 16.5. The van der Waals surface area contributed by atoms with Crippen LogP contribution in [-0.4, -0.2) is 34.0 Å². The van der Waals surface area contributed by atoms with Crippen LogP contribution in [0.25, 0.3) is 11.0 Å². The Hall–Kier alpha value is -1.46. The number of ether oxygens (including phenoxy) is 1. The van der Waals surface area contributed by atoms with Crippen LogP contribution in [0.1, 0.15) is 25.1 Å². The molecule has 104 valence electrons. The van der Waals surface area contributed by atoms with E-state index >= 15 is 0 Å². The molecule has 1 unspecified atom stereocenters. The van der Waals surface area contributed by atoms with Gasteiger partial charge in [-0.1, -0.05) is 0 Å². The van der Waals surface area contributed by atoms with Crippen LogP contribution < -0.4 is 5.32 Å². The molecule has 2 aromatic heterocycles. The molecule has 5 nitrogen and oxygen atoms in total. The third kappa shape index (κ3) is 3.30. The summed E-state index contributed by atoms with van der Waals surface area (Å²) in [7, 11) is 1.92. The number of aromatic nitrogens is 3. The van der Waals surface area contributed by atoms with E-state index < -0.39 is 0 Å². The molecule has 1 N–H and O–H groups in total. The zero-order chi connectivity index (χ0) is 13.8. The molecule has 0 spiro atoms. The van der Waals surface area contributed by atoms with E-state index in [2.05, 4.69) is 28.4 Å². The van der Waals surface area contributed by atoms with E-state index in [4.69, 9.17) is 4.74 Å². The number of aryl methyl sites for hydroxylation is 2. The summed E-state index contributed by atoms with van der Waals surface area (Å²) in [6.45, 7) is 8.43. The van der Waals surface area contributed by atoms with Crippen LogP contribution in [-0.2, 0) is 18.3 Å². The third-order valence-electron chi connectivity index (χ3n) is 3.15. The molecule has 0 aliphatic rings. The number of rotatable bonds is 6. The molecule has 2 aromatic rings. The topological polar surface area (TPSA) is 52.0 Å². The molecule has 0 aliphatic carbocycles. The van der Waals surface area contributed by atoms with E-state index in [1.807, 2.05) is 31.8 Å². The lowest BCUT2D eigenvalue weighted by molar-refractivity contribution is 0.127. The summed E-state index contributed by atoms with van der Waals surface area (Å²) in [5.74, 6) is 0. The molecule has 2 rings (SSSR count). The van der Waals surface area contributed by atoms with Gasteiger partial charge in [0.15, 0.2) is 5.65 Å². The molecule has 0 aliphatic heterocycles. The molecule has 5 heteroatoms. The van der Waals surface area contributed by atoms with Gasteiger partial charge >= 0.3 is 0 Å². The number of hydrogen-bond acceptors (Lipinski definition) is 4. The molecule has 2 heterocycles. The van der Waals surface area contributed by atoms with Crippen LogP contribution in [0.15, 0.2) is 12.3 Å². The van der Waals surface area contributed by atoms with Crippen molar-refractivity contribution in [2.45, 2.75) is 33.4 Å². The monoisotopic (exact) mass is 262 g/mol. The van der Waals surface area contributed by atoms with Crippen molar-refractivity contribution >= 4 is 11.0 Å². The zero-order valence-electron chi connectivity index (χ0n) is 12.1. The van der Waals surface area contributed by atoms with Gasteiger partial charge in [0.1, 0.15) is 0 Å². The van der Waals surface area contributed by atoms with Gasteiger partial charge in [-0.2, -0.15) is 5.10 Å². The Morgan fingerprint density at radius 2 is 2.26 bits per heavy atom. The summed E-state index contributed by atoms with van der Waals surface area (Å²) in [5, 5.41) is 8.94. The highest BCUT2D eigenvalue weighted by molar-refractivity contribution is 5.78. The van der Waals surface area contributed by atoms with Gasteiger partial charge in [-0.3, -0.25) is 4.68 Å². The predicted octanol–water partition coefficient (Wildman–Crippen LogP) is 1.79. The SMILES string of the molecule is CCOCC(C)NCc1cnc2c(c1)c(C)nn2C. The Kier molecular flexibility index (Phi) is 4.50. The third-order valence-corrected chi connectivity index (χ3v) is 3.15. The van der Waals surface area contributed by atoms with Crippen molar-refractivity contribution in [3.05, 3.63) is 23.5 Å². The Morgan fingerprint density at radius 1 is 1.47 bits per heavy atom. The molecule has 19 heavy (non-hydrogen) atoms. The first-order chi connectivity index (χ1) is 9.11. The van der Waals surface area contributed by atoms with Crippen molar-refractivity contribution in [2.75, 3.05) is 13.2 Å². The van der Waals surface area contributed by atoms with Crippen molar-refractivity contribution in [1.29, 1.82) is 0 Å². The van der Waals surface area contributed by atoms with Crippen molar-refractivity contribution in [1.82, 2.24) is 20.1 Å². The molecule has 0 radical (unpaired) electrons. The lowest BCUT2D eigenvalue weighted by Gasteiger charge is -2.13. The van der Waals surface area contributed by atoms with Crippen LogP contribution in [0.4, 0.5) is 0 Å². The van der Waals surface area contributed by atoms with Gasteiger partial charge < -0.3 is 10.1 Å². The van der Waals surface area contributed by atoms with Gasteiger partial charge in [-0.15, -0.1) is 0 Å². The first kappa shape index (κ1) is 14.0. The van der Waals surface area contributed by atoms with Crippen LogP contribution >= 0.6 is 0 Å². The van der Waals surface area contributed by atoms with Gasteiger partial charge in [0.2, 0.25) is 0 Å². The van der Waals surface area contributed by atoms with E-state index in [-0.39, 0.29) is 0 Å². The maximum absolute atomic E-state index is 5.38. The van der Waals surface area contributed by atoms with Crippen LogP contribution in [0, 0.1) is 6.92 Å². The van der Waals surface area contributed by atoms with Gasteiger partial charge in [-0.25, -0.2) is 4.98 Å². The van der Waals surface area contributed by atoms with Crippen LogP contribution in [0.5, 0.6) is 0 Å². The summed E-state index contributed by atoms with van der Waals surface area (Å²) >= 11 is 0. The highest BCUT2D eigenvalue weighted by Gasteiger charge is 2.07. The fourth-order valence-corrected chi connectivity index (χ4v) is 2.09. The lowest BCUT2D eigenvalue weighted by atomic mass is 10.2. The zero-order valence-corrected chi connectivity index (χ0v) is 12.1. The van der Waals surface area contributed by atoms with Crippen molar-refractivity contribution in [2.24, 2.45) is 7.05 Å². The fourth-order valence-electron chi connectivity index (χ4n) is 2.09. The second-order valence-corrected chi connectivity index (χ2v) is 4.87. The Balaban J connectivity index is 2.03. The molecule has 0 fully saturated rings. The molecular formula is C14H22N4O. The van der Waals surface area contributed by atoms with Gasteiger partial charge in [0, 0.05) is 37.8 Å². The molecule has 0 saturated heterocycles. The summed E-state index contributed by atoms with van der Waals surface area (Å²) in [6.07, 6.45) is 1.91. The van der Waals surface area contributed by atoms with Gasteiger partial charge in [0.25, 0.3) is 0 Å². The smallest absolute Gasteiger partial charge is 0.157 e. The van der Waals surface area contributed by atoms with Crippen molar-refractivity contribution in [3.8, 4) is 0 Å². The molecular weight excluding hydrogens is 240 g/mol. The van der Waals surface area contributed by atoms with E-state index in [1.54, 1.807) is 0 Å². The van der Waals surface area contributed by atoms with Gasteiger partial charge in [-0.05, 0) is 32.4 Å². The summed E-state index contributed by atoms with van der Waals surface area (Å²) < 4.78 is 7.20. The average Bonchev–Trinajstić information content (AvgIpc) is 2.69. The molecule has 0 amide bonds. The Bertz CT molecular complexity index is 550. The minimum Gasteiger partial charge on any atom is -0.380 e. The van der Waals surface area contributed by atoms with Crippen LogP contribution in [0.3, 0.4) is 0 Å². The van der Waals surface area contributed by atoms with Gasteiger partial charge in [0.05, 0.1) is 12.3 Å². The molecule has 1 atom stereocenters. The van der Waals surface area contributed by atoms with Crippen LogP contribution in [0.2, 0.25) is 0 Å². The molecule has 0 aromatic carbocycles. The maximum Gasteiger partial charge on any atom is 0.157 e. The minimum atomic E-state index is 0.339. The number of pyridine rings is 1. The number of nitrogens with one attached hydrogen (secondary N) is 1. The maximum atomic E-state index is 5.38. The Labute approximate surface area is 114 Å². The fraction of sp³-hybridized carbons (Fsp3) is 0.571. The Morgan fingerprint density at radius 3 is 3.00 bits per heavy atom. The average molecular weight is 262 g/mol. The number of nitrogens with zero attached hydrogens (tertiary/aromatic N) is 3. The van der Waals surface area contributed by atoms with Crippen molar-refractivity contribution < 1.29 is 4.74 Å². The number of hydrogen-bond donors (Lipinski definition) is 1. The minimum absolute atomic E-state index is 0.339.